The molecule has 82 valence electrons. The summed E-state index contributed by atoms with van der Waals surface area (Å²) >= 11 is 5.54. The van der Waals surface area contributed by atoms with E-state index in [0.717, 1.165) is 6.07 Å². The lowest BCUT2D eigenvalue weighted by molar-refractivity contribution is 0.628. The molecule has 0 fully saturated rings. The predicted molar refractivity (Wildman–Crippen MR) is 58.9 cm³/mol. The summed E-state index contributed by atoms with van der Waals surface area (Å²) in [6.45, 7) is 0. The van der Waals surface area contributed by atoms with Crippen LogP contribution in [0, 0.1) is 39.8 Å². The van der Waals surface area contributed by atoms with Gasteiger partial charge in [0.15, 0.2) is 5.57 Å². The Morgan fingerprint density at radius 1 is 1.18 bits per heavy atom. The summed E-state index contributed by atoms with van der Waals surface area (Å²) in [6.07, 6.45) is 0. The van der Waals surface area contributed by atoms with Gasteiger partial charge in [-0.1, -0.05) is 11.6 Å². The van der Waals surface area contributed by atoms with Gasteiger partial charge in [0, 0.05) is 5.69 Å². The maximum absolute atomic E-state index is 12.9. The predicted octanol–water partition coefficient (Wildman–Crippen LogP) is 2.72. The third kappa shape index (κ3) is 2.95. The lowest BCUT2D eigenvalue weighted by atomic mass is 10.2. The van der Waals surface area contributed by atoms with Gasteiger partial charge in [-0.2, -0.15) is 15.8 Å². The SMILES string of the molecule is N#CC(C#N)=C(C#N)Nc1ccc(F)c(Cl)c1. The van der Waals surface area contributed by atoms with Crippen molar-refractivity contribution < 1.29 is 4.39 Å². The summed E-state index contributed by atoms with van der Waals surface area (Å²) in [4.78, 5) is 0. The third-order valence-electron chi connectivity index (χ3n) is 1.77. The molecule has 1 rings (SSSR count). The molecular weight excluding hydrogens is 243 g/mol. The van der Waals surface area contributed by atoms with E-state index in [1.807, 2.05) is 0 Å². The van der Waals surface area contributed by atoms with Crippen molar-refractivity contribution in [2.75, 3.05) is 5.32 Å². The number of halogens is 2. The van der Waals surface area contributed by atoms with Crippen LogP contribution in [0.25, 0.3) is 0 Å². The highest BCUT2D eigenvalue weighted by molar-refractivity contribution is 6.31. The fourth-order valence-corrected chi connectivity index (χ4v) is 1.18. The van der Waals surface area contributed by atoms with Gasteiger partial charge < -0.3 is 5.32 Å². The molecule has 0 heterocycles. The molecule has 1 aromatic carbocycles. The van der Waals surface area contributed by atoms with Gasteiger partial charge in [0.1, 0.15) is 29.7 Å². The van der Waals surface area contributed by atoms with Crippen molar-refractivity contribution in [3.05, 3.63) is 40.3 Å². The first-order valence-electron chi connectivity index (χ1n) is 4.29. The molecule has 0 amide bonds. The van der Waals surface area contributed by atoms with Crippen molar-refractivity contribution in [1.82, 2.24) is 0 Å². The third-order valence-corrected chi connectivity index (χ3v) is 2.06. The zero-order chi connectivity index (χ0) is 12.8. The van der Waals surface area contributed by atoms with Gasteiger partial charge in [-0.3, -0.25) is 0 Å². The van der Waals surface area contributed by atoms with Crippen LogP contribution < -0.4 is 5.32 Å². The largest absolute Gasteiger partial charge is 0.345 e. The molecule has 0 atom stereocenters. The molecule has 4 nitrogen and oxygen atoms in total. The second kappa shape index (κ2) is 5.51. The number of allylic oxidation sites excluding steroid dienone is 2. The highest BCUT2D eigenvalue weighted by atomic mass is 35.5. The van der Waals surface area contributed by atoms with Gasteiger partial charge in [-0.25, -0.2) is 4.39 Å². The zero-order valence-electron chi connectivity index (χ0n) is 8.33. The van der Waals surface area contributed by atoms with Crippen molar-refractivity contribution in [1.29, 1.82) is 15.8 Å². The molecule has 0 unspecified atom stereocenters. The highest BCUT2D eigenvalue weighted by Crippen LogP contribution is 2.20. The number of nitriles is 3. The number of hydrogen-bond acceptors (Lipinski definition) is 4. The number of nitrogens with zero attached hydrogens (tertiary/aromatic N) is 3. The molecule has 1 N–H and O–H groups in total. The molecule has 0 radical (unpaired) electrons. The summed E-state index contributed by atoms with van der Waals surface area (Å²) in [6, 6.07) is 8.52. The van der Waals surface area contributed by atoms with Gasteiger partial charge >= 0.3 is 0 Å². The molecule has 0 spiro atoms. The maximum atomic E-state index is 12.9. The van der Waals surface area contributed by atoms with Crippen molar-refractivity contribution in [3.63, 3.8) is 0 Å². The minimum absolute atomic E-state index is 0.122. The van der Waals surface area contributed by atoms with Gasteiger partial charge in [0.05, 0.1) is 5.02 Å². The van der Waals surface area contributed by atoms with E-state index in [1.54, 1.807) is 18.2 Å². The minimum atomic E-state index is -0.597. The Labute approximate surface area is 102 Å². The topological polar surface area (TPSA) is 83.4 Å². The summed E-state index contributed by atoms with van der Waals surface area (Å²) in [5.41, 5.74) is -0.249. The molecule has 17 heavy (non-hydrogen) atoms. The van der Waals surface area contributed by atoms with E-state index in [2.05, 4.69) is 5.32 Å². The van der Waals surface area contributed by atoms with E-state index in [0.29, 0.717) is 5.69 Å². The first kappa shape index (κ1) is 12.5. The normalized spacial score (nSPS) is 8.41. The van der Waals surface area contributed by atoms with Gasteiger partial charge in [0.25, 0.3) is 0 Å². The average molecular weight is 247 g/mol. The summed E-state index contributed by atoms with van der Waals surface area (Å²) < 4.78 is 12.9. The van der Waals surface area contributed by atoms with Gasteiger partial charge in [0.2, 0.25) is 0 Å². The molecule has 0 bridgehead atoms. The fourth-order valence-electron chi connectivity index (χ4n) is 1.00. The lowest BCUT2D eigenvalue weighted by Crippen LogP contribution is -2.00. The molecular formula is C11H4ClFN4. The van der Waals surface area contributed by atoms with Crippen LogP contribution in [0.4, 0.5) is 10.1 Å². The monoisotopic (exact) mass is 246 g/mol. The number of hydrogen-bond donors (Lipinski definition) is 1. The van der Waals surface area contributed by atoms with E-state index in [1.165, 1.54) is 12.1 Å². The van der Waals surface area contributed by atoms with Crippen molar-refractivity contribution >= 4 is 17.3 Å². The summed E-state index contributed by atoms with van der Waals surface area (Å²) in [5, 5.41) is 28.4. The number of nitrogens with one attached hydrogen (secondary N) is 1. The summed E-state index contributed by atoms with van der Waals surface area (Å²) in [5.74, 6) is -0.597. The number of rotatable bonds is 2. The van der Waals surface area contributed by atoms with Crippen LogP contribution in [-0.2, 0) is 0 Å². The Bertz CT molecular complexity index is 585. The fraction of sp³-hybridized carbons (Fsp3) is 0. The Morgan fingerprint density at radius 3 is 2.29 bits per heavy atom. The van der Waals surface area contributed by atoms with Crippen LogP contribution in [0.3, 0.4) is 0 Å². The van der Waals surface area contributed by atoms with Crippen LogP contribution >= 0.6 is 11.6 Å². The first-order chi connectivity index (χ1) is 8.12. The molecule has 0 saturated carbocycles. The second-order valence-corrected chi connectivity index (χ2v) is 3.25. The van der Waals surface area contributed by atoms with E-state index in [4.69, 9.17) is 27.4 Å². The lowest BCUT2D eigenvalue weighted by Gasteiger charge is -2.04. The second-order valence-electron chi connectivity index (χ2n) is 2.84. The van der Waals surface area contributed by atoms with E-state index < -0.39 is 5.82 Å². The quantitative estimate of drug-likeness (QED) is 0.813. The van der Waals surface area contributed by atoms with E-state index in [-0.39, 0.29) is 16.3 Å². The molecule has 0 aliphatic carbocycles. The van der Waals surface area contributed by atoms with Crippen LogP contribution in [0.15, 0.2) is 29.5 Å². The molecule has 0 aliphatic heterocycles. The smallest absolute Gasteiger partial charge is 0.163 e. The number of benzene rings is 1. The van der Waals surface area contributed by atoms with Crippen LogP contribution in [0.2, 0.25) is 5.02 Å². The zero-order valence-corrected chi connectivity index (χ0v) is 9.09. The molecule has 0 aliphatic rings. The highest BCUT2D eigenvalue weighted by Gasteiger charge is 2.07. The Morgan fingerprint density at radius 2 is 1.82 bits per heavy atom. The van der Waals surface area contributed by atoms with Crippen molar-refractivity contribution in [3.8, 4) is 18.2 Å². The standard InChI is InChI=1S/C11H4ClFN4/c12-9-3-8(1-2-10(9)13)17-11(6-16)7(4-14)5-15/h1-3,17H. The van der Waals surface area contributed by atoms with Crippen molar-refractivity contribution in [2.45, 2.75) is 0 Å². The molecule has 1 aromatic rings. The van der Waals surface area contributed by atoms with Gasteiger partial charge in [-0.05, 0) is 18.2 Å². The van der Waals surface area contributed by atoms with E-state index in [9.17, 15) is 4.39 Å². The Kier molecular flexibility index (Phi) is 4.06. The van der Waals surface area contributed by atoms with Gasteiger partial charge in [-0.15, -0.1) is 0 Å². The summed E-state index contributed by atoms with van der Waals surface area (Å²) in [7, 11) is 0. The maximum Gasteiger partial charge on any atom is 0.163 e. The van der Waals surface area contributed by atoms with Crippen LogP contribution in [-0.4, -0.2) is 0 Å². The van der Waals surface area contributed by atoms with Crippen molar-refractivity contribution in [2.24, 2.45) is 0 Å². The average Bonchev–Trinajstić information content (AvgIpc) is 2.33. The Hall–Kier alpha value is -2.55. The van der Waals surface area contributed by atoms with Crippen LogP contribution in [0.5, 0.6) is 0 Å². The minimum Gasteiger partial charge on any atom is -0.345 e. The molecule has 0 aromatic heterocycles. The Balaban J connectivity index is 3.11. The molecule has 6 heteroatoms. The molecule has 0 saturated heterocycles. The van der Waals surface area contributed by atoms with E-state index >= 15 is 0 Å². The van der Waals surface area contributed by atoms with Crippen LogP contribution in [0.1, 0.15) is 0 Å². The first-order valence-corrected chi connectivity index (χ1v) is 4.66. The number of anilines is 1.